The summed E-state index contributed by atoms with van der Waals surface area (Å²) in [5.74, 6) is 0.786. The van der Waals surface area contributed by atoms with Crippen LogP contribution >= 0.6 is 0 Å². The summed E-state index contributed by atoms with van der Waals surface area (Å²) in [6.07, 6.45) is 5.48. The lowest BCUT2D eigenvalue weighted by Crippen LogP contribution is -2.35. The van der Waals surface area contributed by atoms with Crippen LogP contribution in [0.1, 0.15) is 24.2 Å². The van der Waals surface area contributed by atoms with Gasteiger partial charge in [0, 0.05) is 37.8 Å². The van der Waals surface area contributed by atoms with Crippen molar-refractivity contribution in [3.05, 3.63) is 60.1 Å². The van der Waals surface area contributed by atoms with Crippen LogP contribution in [0, 0.1) is 0 Å². The summed E-state index contributed by atoms with van der Waals surface area (Å²) >= 11 is 0. The van der Waals surface area contributed by atoms with Gasteiger partial charge in [0.25, 0.3) is 5.91 Å². The van der Waals surface area contributed by atoms with Gasteiger partial charge in [0.2, 0.25) is 17.4 Å². The smallest absolute Gasteiger partial charge is 0.262 e. The van der Waals surface area contributed by atoms with Crippen molar-refractivity contribution in [1.29, 1.82) is 0 Å². The summed E-state index contributed by atoms with van der Waals surface area (Å²) in [7, 11) is 1.64. The Morgan fingerprint density at radius 3 is 2.75 bits per heavy atom. The largest absolute Gasteiger partial charge is 0.477 e. The van der Waals surface area contributed by atoms with E-state index in [1.165, 1.54) is 4.90 Å². The molecule has 2 aliphatic rings. The third kappa shape index (κ3) is 3.93. The number of hydrogen-bond acceptors (Lipinski definition) is 10. The minimum atomic E-state index is -1.71. The summed E-state index contributed by atoms with van der Waals surface area (Å²) in [5, 5.41) is 18.1. The van der Waals surface area contributed by atoms with E-state index in [0.717, 1.165) is 24.1 Å². The Bertz CT molecular complexity index is 1460. The maximum atomic E-state index is 12.4. The van der Waals surface area contributed by atoms with E-state index in [2.05, 4.69) is 30.4 Å². The second-order valence-corrected chi connectivity index (χ2v) is 8.85. The van der Waals surface area contributed by atoms with Gasteiger partial charge < -0.3 is 24.6 Å². The second-order valence-electron chi connectivity index (χ2n) is 8.85. The number of aromatic nitrogens is 5. The highest BCUT2D eigenvalue weighted by Gasteiger charge is 2.48. The number of carbonyl (C=O) groups excluding carboxylic acids is 1. The lowest BCUT2D eigenvalue weighted by molar-refractivity contribution is -0.144. The van der Waals surface area contributed by atoms with Crippen LogP contribution in [0.3, 0.4) is 0 Å². The predicted molar refractivity (Wildman–Crippen MR) is 128 cm³/mol. The number of anilines is 2. The van der Waals surface area contributed by atoms with E-state index in [1.807, 2.05) is 18.2 Å². The number of likely N-dealkylation sites (tertiary alicyclic amines) is 1. The first-order valence-corrected chi connectivity index (χ1v) is 11.6. The monoisotopic (exact) mass is 485 g/mol. The van der Waals surface area contributed by atoms with Gasteiger partial charge in [-0.3, -0.25) is 4.79 Å². The summed E-state index contributed by atoms with van der Waals surface area (Å²) in [6, 6.07) is 10.8. The number of pyridine rings is 2. The van der Waals surface area contributed by atoms with Crippen molar-refractivity contribution < 1.29 is 19.2 Å². The van der Waals surface area contributed by atoms with Crippen LogP contribution in [0.4, 0.5) is 11.6 Å². The Morgan fingerprint density at radius 1 is 1.08 bits per heavy atom. The van der Waals surface area contributed by atoms with Crippen LogP contribution in [0.5, 0.6) is 5.88 Å². The normalized spacial score (nSPS) is 19.2. The second kappa shape index (κ2) is 8.68. The molecule has 1 atom stereocenters. The summed E-state index contributed by atoms with van der Waals surface area (Å²) in [4.78, 5) is 31.8. The molecule has 0 spiro atoms. The van der Waals surface area contributed by atoms with E-state index in [0.29, 0.717) is 47.8 Å². The van der Waals surface area contributed by atoms with Crippen molar-refractivity contribution in [1.82, 2.24) is 30.0 Å². The van der Waals surface area contributed by atoms with Gasteiger partial charge in [-0.1, -0.05) is 11.2 Å². The van der Waals surface area contributed by atoms with Crippen molar-refractivity contribution in [2.45, 2.75) is 24.9 Å². The molecule has 182 valence electrons. The van der Waals surface area contributed by atoms with Gasteiger partial charge in [-0.2, -0.15) is 0 Å². The first-order valence-electron chi connectivity index (χ1n) is 11.6. The Morgan fingerprint density at radius 2 is 1.92 bits per heavy atom. The highest BCUT2D eigenvalue weighted by molar-refractivity contribution is 5.87. The van der Waals surface area contributed by atoms with Gasteiger partial charge in [0.15, 0.2) is 5.76 Å². The number of nitrogens with zero attached hydrogens (tertiary/aromatic N) is 6. The van der Waals surface area contributed by atoms with Crippen molar-refractivity contribution >= 4 is 17.5 Å². The lowest BCUT2D eigenvalue weighted by atomic mass is 9.98. The summed E-state index contributed by atoms with van der Waals surface area (Å²) < 4.78 is 10.9. The van der Waals surface area contributed by atoms with Gasteiger partial charge in [-0.25, -0.2) is 19.9 Å². The molecule has 1 amide bonds. The zero-order valence-electron chi connectivity index (χ0n) is 19.5. The molecule has 4 aromatic rings. The lowest BCUT2D eigenvalue weighted by Gasteiger charge is -2.16. The zero-order chi connectivity index (χ0) is 24.7. The molecule has 6 heterocycles. The van der Waals surface area contributed by atoms with Crippen LogP contribution in [0.15, 0.2) is 53.3 Å². The highest BCUT2D eigenvalue weighted by Crippen LogP contribution is 2.34. The van der Waals surface area contributed by atoms with E-state index < -0.39 is 11.5 Å². The van der Waals surface area contributed by atoms with Gasteiger partial charge in [-0.05, 0) is 37.1 Å². The number of amides is 1. The van der Waals surface area contributed by atoms with Crippen LogP contribution in [0.25, 0.3) is 22.8 Å². The van der Waals surface area contributed by atoms with Crippen LogP contribution in [-0.2, 0) is 16.8 Å². The van der Waals surface area contributed by atoms with Crippen molar-refractivity contribution in [2.24, 2.45) is 0 Å². The van der Waals surface area contributed by atoms with Gasteiger partial charge >= 0.3 is 0 Å². The standard InChI is InChI=1S/C25H23N7O4/c1-32-10-8-25(34,23(32)33)21-13-20(31-36-21)18-6-2-5-17(29-18)19-7-9-26-24(30-19)28-16-12-15-4-3-11-35-22(15)27-14-16/h2,5-7,9,12-14,34H,3-4,8,10-11H2,1H3,(H,26,28,30)/t25-/m1/s1. The summed E-state index contributed by atoms with van der Waals surface area (Å²) in [6.45, 7) is 1.13. The molecule has 36 heavy (non-hydrogen) atoms. The number of likely N-dealkylation sites (N-methyl/N-ethyl adjacent to an activating group) is 1. The molecule has 0 bridgehead atoms. The number of aryl methyl sites for hydroxylation is 1. The molecule has 0 radical (unpaired) electrons. The summed E-state index contributed by atoms with van der Waals surface area (Å²) in [5.41, 5.74) is 2.28. The number of nitrogens with one attached hydrogen (secondary N) is 1. The fourth-order valence-corrected chi connectivity index (χ4v) is 4.39. The highest BCUT2D eigenvalue weighted by atomic mass is 16.5. The molecule has 11 heteroatoms. The van der Waals surface area contributed by atoms with Crippen LogP contribution in [0.2, 0.25) is 0 Å². The molecule has 0 saturated carbocycles. The van der Waals surface area contributed by atoms with Crippen molar-refractivity contribution in [2.75, 3.05) is 25.5 Å². The van der Waals surface area contributed by atoms with Gasteiger partial charge in [0.1, 0.15) is 5.69 Å². The van der Waals surface area contributed by atoms with Crippen molar-refractivity contribution in [3.63, 3.8) is 0 Å². The maximum absolute atomic E-state index is 12.4. The molecule has 1 saturated heterocycles. The fourth-order valence-electron chi connectivity index (χ4n) is 4.39. The average molecular weight is 486 g/mol. The molecule has 2 aliphatic heterocycles. The Hall–Kier alpha value is -4.38. The van der Waals surface area contributed by atoms with E-state index >= 15 is 0 Å². The fraction of sp³-hybridized carbons (Fsp3) is 0.280. The predicted octanol–water partition coefficient (Wildman–Crippen LogP) is 2.71. The minimum Gasteiger partial charge on any atom is -0.477 e. The number of carbonyl (C=O) groups is 1. The Labute approximate surface area is 206 Å². The molecule has 2 N–H and O–H groups in total. The maximum Gasteiger partial charge on any atom is 0.262 e. The zero-order valence-corrected chi connectivity index (χ0v) is 19.5. The van der Waals surface area contributed by atoms with E-state index in [-0.39, 0.29) is 12.2 Å². The van der Waals surface area contributed by atoms with Crippen LogP contribution < -0.4 is 10.1 Å². The van der Waals surface area contributed by atoms with E-state index in [9.17, 15) is 9.90 Å². The van der Waals surface area contributed by atoms with Crippen LogP contribution in [-0.4, -0.2) is 61.2 Å². The molecule has 6 rings (SSSR count). The van der Waals surface area contributed by atoms with Gasteiger partial charge in [-0.15, -0.1) is 0 Å². The number of rotatable bonds is 5. The first kappa shape index (κ1) is 22.1. The van der Waals surface area contributed by atoms with Crippen molar-refractivity contribution in [3.8, 4) is 28.7 Å². The quantitative estimate of drug-likeness (QED) is 0.434. The SMILES string of the molecule is CN1CC[C@@](O)(c2cc(-c3cccc(-c4ccnc(Nc5cnc6c(c5)CCCO6)n4)n3)no2)C1=O. The Balaban J connectivity index is 1.25. The number of aliphatic hydroxyl groups is 1. The molecular weight excluding hydrogens is 462 g/mol. The molecule has 4 aromatic heterocycles. The number of hydrogen-bond donors (Lipinski definition) is 2. The topological polar surface area (TPSA) is 139 Å². The van der Waals surface area contributed by atoms with E-state index in [1.54, 1.807) is 37.6 Å². The van der Waals surface area contributed by atoms with E-state index in [4.69, 9.17) is 9.26 Å². The number of ether oxygens (including phenoxy) is 1. The molecule has 1 fully saturated rings. The third-order valence-electron chi connectivity index (χ3n) is 6.37. The Kier molecular flexibility index (Phi) is 5.33. The average Bonchev–Trinajstić information content (AvgIpc) is 3.51. The molecule has 0 unspecified atom stereocenters. The molecular formula is C25H23N7O4. The molecule has 0 aliphatic carbocycles. The molecule has 0 aromatic carbocycles. The number of fused-ring (bicyclic) bond motifs is 1. The minimum absolute atomic E-state index is 0.108. The third-order valence-corrected chi connectivity index (χ3v) is 6.37. The first-order chi connectivity index (χ1) is 17.5. The van der Waals surface area contributed by atoms with Gasteiger partial charge in [0.05, 0.1) is 35.6 Å². The molecule has 11 nitrogen and oxygen atoms in total.